The molecule has 0 bridgehead atoms. The standard InChI is InChI=1S/C15H28N2O/c1-16(2)11-14-5-9-17(10-6-14)12-15(13-18)7-3-4-8-15/h13-14H,3-12H2,1-2H3. The summed E-state index contributed by atoms with van der Waals surface area (Å²) < 4.78 is 0. The van der Waals surface area contributed by atoms with Gasteiger partial charge in [-0.25, -0.2) is 0 Å². The van der Waals surface area contributed by atoms with Crippen molar-refractivity contribution in [3.05, 3.63) is 0 Å². The van der Waals surface area contributed by atoms with E-state index in [1.165, 1.54) is 51.6 Å². The van der Waals surface area contributed by atoms with Crippen molar-refractivity contribution in [1.29, 1.82) is 0 Å². The van der Waals surface area contributed by atoms with Crippen LogP contribution in [0, 0.1) is 11.3 Å². The van der Waals surface area contributed by atoms with Crippen LogP contribution in [0.1, 0.15) is 38.5 Å². The van der Waals surface area contributed by atoms with E-state index in [0.717, 1.165) is 25.3 Å². The molecular weight excluding hydrogens is 224 g/mol. The molecule has 0 amide bonds. The van der Waals surface area contributed by atoms with Crippen LogP contribution in [0.4, 0.5) is 0 Å². The third kappa shape index (κ3) is 3.55. The molecule has 1 saturated carbocycles. The molecule has 0 aromatic rings. The van der Waals surface area contributed by atoms with E-state index in [2.05, 4.69) is 23.9 Å². The van der Waals surface area contributed by atoms with E-state index < -0.39 is 0 Å². The van der Waals surface area contributed by atoms with Gasteiger partial charge < -0.3 is 14.6 Å². The topological polar surface area (TPSA) is 23.6 Å². The van der Waals surface area contributed by atoms with Gasteiger partial charge in [-0.1, -0.05) is 12.8 Å². The third-order valence-electron chi connectivity index (χ3n) is 4.72. The molecule has 2 rings (SSSR count). The second-order valence-corrected chi connectivity index (χ2v) is 6.67. The Kier molecular flexibility index (Phi) is 4.79. The maximum Gasteiger partial charge on any atom is 0.127 e. The number of carbonyl (C=O) groups is 1. The van der Waals surface area contributed by atoms with Gasteiger partial charge >= 0.3 is 0 Å². The molecule has 3 nitrogen and oxygen atoms in total. The minimum absolute atomic E-state index is 0.00832. The summed E-state index contributed by atoms with van der Waals surface area (Å²) in [6.07, 6.45) is 8.58. The van der Waals surface area contributed by atoms with E-state index in [-0.39, 0.29) is 5.41 Å². The number of carbonyl (C=O) groups excluding carboxylic acids is 1. The summed E-state index contributed by atoms with van der Waals surface area (Å²) in [5.41, 5.74) is 0.00832. The fourth-order valence-electron chi connectivity index (χ4n) is 3.68. The number of aldehydes is 1. The third-order valence-corrected chi connectivity index (χ3v) is 4.72. The summed E-state index contributed by atoms with van der Waals surface area (Å²) in [6.45, 7) is 4.61. The number of nitrogens with zero attached hydrogens (tertiary/aromatic N) is 2. The van der Waals surface area contributed by atoms with E-state index in [1.807, 2.05) is 0 Å². The van der Waals surface area contributed by atoms with Gasteiger partial charge in [-0.05, 0) is 58.8 Å². The van der Waals surface area contributed by atoms with Gasteiger partial charge in [0.05, 0.1) is 0 Å². The SMILES string of the molecule is CN(C)CC1CCN(CC2(C=O)CCCC2)CC1. The molecule has 1 aliphatic carbocycles. The van der Waals surface area contributed by atoms with Crippen LogP contribution in [0.2, 0.25) is 0 Å². The number of rotatable bonds is 5. The number of hydrogen-bond acceptors (Lipinski definition) is 3. The molecule has 1 heterocycles. The first-order valence-electron chi connectivity index (χ1n) is 7.47. The smallest absolute Gasteiger partial charge is 0.127 e. The summed E-state index contributed by atoms with van der Waals surface area (Å²) >= 11 is 0. The van der Waals surface area contributed by atoms with E-state index in [9.17, 15) is 4.79 Å². The highest BCUT2D eigenvalue weighted by atomic mass is 16.1. The zero-order valence-electron chi connectivity index (χ0n) is 12.0. The molecule has 0 aromatic heterocycles. The summed E-state index contributed by atoms with van der Waals surface area (Å²) in [5, 5.41) is 0. The molecule has 0 aromatic carbocycles. The van der Waals surface area contributed by atoms with Gasteiger partial charge in [0.25, 0.3) is 0 Å². The van der Waals surface area contributed by atoms with Crippen LogP contribution in [0.15, 0.2) is 0 Å². The first kappa shape index (κ1) is 14.0. The van der Waals surface area contributed by atoms with Crippen molar-refractivity contribution in [2.45, 2.75) is 38.5 Å². The predicted molar refractivity (Wildman–Crippen MR) is 74.7 cm³/mol. The van der Waals surface area contributed by atoms with Gasteiger partial charge in [-0.3, -0.25) is 0 Å². The maximum absolute atomic E-state index is 11.4. The monoisotopic (exact) mass is 252 g/mol. The minimum Gasteiger partial charge on any atom is -0.309 e. The molecule has 2 aliphatic rings. The van der Waals surface area contributed by atoms with Gasteiger partial charge in [0.1, 0.15) is 6.29 Å². The Labute approximate surface area is 112 Å². The summed E-state index contributed by atoms with van der Waals surface area (Å²) in [6, 6.07) is 0. The van der Waals surface area contributed by atoms with Gasteiger partial charge in [0, 0.05) is 18.5 Å². The van der Waals surface area contributed by atoms with Crippen LogP contribution in [-0.4, -0.2) is 56.4 Å². The second kappa shape index (κ2) is 6.16. The van der Waals surface area contributed by atoms with Crippen LogP contribution >= 0.6 is 0 Å². The summed E-state index contributed by atoms with van der Waals surface area (Å²) in [4.78, 5) is 16.2. The normalized spacial score (nSPS) is 25.7. The first-order chi connectivity index (χ1) is 8.63. The lowest BCUT2D eigenvalue weighted by atomic mass is 9.86. The Bertz CT molecular complexity index is 264. The molecular formula is C15H28N2O. The zero-order chi connectivity index (χ0) is 13.0. The van der Waals surface area contributed by atoms with Gasteiger partial charge in [0.15, 0.2) is 0 Å². The quantitative estimate of drug-likeness (QED) is 0.699. The molecule has 18 heavy (non-hydrogen) atoms. The highest BCUT2D eigenvalue weighted by Crippen LogP contribution is 2.37. The largest absolute Gasteiger partial charge is 0.309 e. The van der Waals surface area contributed by atoms with Crippen molar-refractivity contribution >= 4 is 6.29 Å². The molecule has 0 spiro atoms. The molecule has 0 N–H and O–H groups in total. The first-order valence-corrected chi connectivity index (χ1v) is 7.47. The molecule has 0 atom stereocenters. The van der Waals surface area contributed by atoms with E-state index in [0.29, 0.717) is 0 Å². The van der Waals surface area contributed by atoms with E-state index in [1.54, 1.807) is 0 Å². The molecule has 3 heteroatoms. The van der Waals surface area contributed by atoms with Crippen LogP contribution in [0.5, 0.6) is 0 Å². The molecule has 0 unspecified atom stereocenters. The number of hydrogen-bond donors (Lipinski definition) is 0. The van der Waals surface area contributed by atoms with Crippen molar-refractivity contribution in [3.63, 3.8) is 0 Å². The summed E-state index contributed by atoms with van der Waals surface area (Å²) in [7, 11) is 4.32. The zero-order valence-corrected chi connectivity index (χ0v) is 12.0. The Morgan fingerprint density at radius 1 is 1.22 bits per heavy atom. The van der Waals surface area contributed by atoms with E-state index >= 15 is 0 Å². The Hall–Kier alpha value is -0.410. The fourth-order valence-corrected chi connectivity index (χ4v) is 3.68. The Balaban J connectivity index is 1.77. The minimum atomic E-state index is 0.00832. The van der Waals surface area contributed by atoms with Crippen molar-refractivity contribution in [1.82, 2.24) is 9.80 Å². The number of likely N-dealkylation sites (tertiary alicyclic amines) is 1. The van der Waals surface area contributed by atoms with Gasteiger partial charge in [-0.15, -0.1) is 0 Å². The lowest BCUT2D eigenvalue weighted by Crippen LogP contribution is -2.43. The number of piperidine rings is 1. The molecule has 1 saturated heterocycles. The van der Waals surface area contributed by atoms with E-state index in [4.69, 9.17) is 0 Å². The maximum atomic E-state index is 11.4. The van der Waals surface area contributed by atoms with Crippen LogP contribution in [0.25, 0.3) is 0 Å². The molecule has 104 valence electrons. The molecule has 1 aliphatic heterocycles. The average molecular weight is 252 g/mol. The molecule has 2 fully saturated rings. The van der Waals surface area contributed by atoms with Crippen LogP contribution in [0.3, 0.4) is 0 Å². The van der Waals surface area contributed by atoms with Crippen molar-refractivity contribution in [2.24, 2.45) is 11.3 Å². The van der Waals surface area contributed by atoms with Crippen LogP contribution in [-0.2, 0) is 4.79 Å². The van der Waals surface area contributed by atoms with Crippen LogP contribution < -0.4 is 0 Å². The van der Waals surface area contributed by atoms with Gasteiger partial charge in [-0.2, -0.15) is 0 Å². The highest BCUT2D eigenvalue weighted by Gasteiger charge is 2.36. The van der Waals surface area contributed by atoms with Crippen molar-refractivity contribution in [3.8, 4) is 0 Å². The van der Waals surface area contributed by atoms with Gasteiger partial charge in [0.2, 0.25) is 0 Å². The molecule has 0 radical (unpaired) electrons. The summed E-state index contributed by atoms with van der Waals surface area (Å²) in [5.74, 6) is 0.854. The van der Waals surface area contributed by atoms with Crippen molar-refractivity contribution in [2.75, 3.05) is 40.3 Å². The average Bonchev–Trinajstić information content (AvgIpc) is 2.80. The highest BCUT2D eigenvalue weighted by molar-refractivity contribution is 5.60. The Morgan fingerprint density at radius 2 is 1.83 bits per heavy atom. The fraction of sp³-hybridized carbons (Fsp3) is 0.933. The lowest BCUT2D eigenvalue weighted by molar-refractivity contribution is -0.117. The lowest BCUT2D eigenvalue weighted by Gasteiger charge is -2.37. The Morgan fingerprint density at radius 3 is 2.33 bits per heavy atom. The predicted octanol–water partition coefficient (Wildman–Crippen LogP) is 2.02. The second-order valence-electron chi connectivity index (χ2n) is 6.67. The van der Waals surface area contributed by atoms with Crippen molar-refractivity contribution < 1.29 is 4.79 Å².